The van der Waals surface area contributed by atoms with Crippen LogP contribution in [0.25, 0.3) is 5.69 Å². The SMILES string of the molecule is CCOC(=O)c1cc(C(=O)C(C)(C)C)nn(-c2ccc(C(F)(F)F)cc2)c1=O. The molecule has 0 radical (unpaired) electrons. The van der Waals surface area contributed by atoms with Gasteiger partial charge in [0.25, 0.3) is 5.56 Å². The minimum atomic E-state index is -4.54. The van der Waals surface area contributed by atoms with Gasteiger partial charge in [0.2, 0.25) is 0 Å². The lowest BCUT2D eigenvalue weighted by Gasteiger charge is -2.17. The van der Waals surface area contributed by atoms with Gasteiger partial charge in [0, 0.05) is 5.41 Å². The second kappa shape index (κ2) is 7.57. The molecule has 1 heterocycles. The van der Waals surface area contributed by atoms with E-state index in [0.29, 0.717) is 0 Å². The predicted molar refractivity (Wildman–Crippen MR) is 94.6 cm³/mol. The molecule has 150 valence electrons. The van der Waals surface area contributed by atoms with Crippen molar-refractivity contribution in [3.8, 4) is 5.69 Å². The van der Waals surface area contributed by atoms with Crippen LogP contribution in [0.1, 0.15) is 54.1 Å². The average Bonchev–Trinajstić information content (AvgIpc) is 2.60. The standard InChI is InChI=1S/C19H19F3N2O4/c1-5-28-17(27)13-10-14(15(25)18(2,3)4)23-24(16(13)26)12-8-6-11(7-9-12)19(20,21)22/h6-10H,5H2,1-4H3. The summed E-state index contributed by atoms with van der Waals surface area (Å²) in [5.74, 6) is -1.39. The van der Waals surface area contributed by atoms with Crippen LogP contribution in [0, 0.1) is 5.41 Å². The largest absolute Gasteiger partial charge is 0.462 e. The molecule has 0 saturated carbocycles. The molecule has 0 amide bonds. The molecule has 2 aromatic rings. The number of nitrogens with zero attached hydrogens (tertiary/aromatic N) is 2. The Kier molecular flexibility index (Phi) is 5.77. The van der Waals surface area contributed by atoms with Crippen molar-refractivity contribution in [3.63, 3.8) is 0 Å². The fourth-order valence-corrected chi connectivity index (χ4v) is 2.31. The third-order valence-corrected chi connectivity index (χ3v) is 3.76. The summed E-state index contributed by atoms with van der Waals surface area (Å²) >= 11 is 0. The predicted octanol–water partition coefficient (Wildman–Crippen LogP) is 3.66. The molecule has 0 atom stereocenters. The molecule has 0 N–H and O–H groups in total. The maximum absolute atomic E-state index is 12.8. The van der Waals surface area contributed by atoms with E-state index < -0.39 is 40.0 Å². The molecule has 0 aliphatic heterocycles. The number of aromatic nitrogens is 2. The Bertz CT molecular complexity index is 955. The molecular weight excluding hydrogens is 377 g/mol. The van der Waals surface area contributed by atoms with E-state index in [1.165, 1.54) is 0 Å². The first kappa shape index (κ1) is 21.3. The highest BCUT2D eigenvalue weighted by atomic mass is 19.4. The molecule has 0 fully saturated rings. The summed E-state index contributed by atoms with van der Waals surface area (Å²) in [4.78, 5) is 37.4. The van der Waals surface area contributed by atoms with Crippen molar-refractivity contribution in [2.24, 2.45) is 5.41 Å². The first-order valence-corrected chi connectivity index (χ1v) is 8.40. The number of hydrogen-bond acceptors (Lipinski definition) is 5. The molecule has 0 unspecified atom stereocenters. The highest BCUT2D eigenvalue weighted by molar-refractivity contribution is 6.00. The van der Waals surface area contributed by atoms with Crippen molar-refractivity contribution in [3.05, 3.63) is 57.5 Å². The zero-order valence-corrected chi connectivity index (χ0v) is 15.8. The number of rotatable bonds is 4. The van der Waals surface area contributed by atoms with Gasteiger partial charge in [-0.1, -0.05) is 20.8 Å². The van der Waals surface area contributed by atoms with Crippen LogP contribution in [-0.2, 0) is 10.9 Å². The molecule has 0 spiro atoms. The summed E-state index contributed by atoms with van der Waals surface area (Å²) in [7, 11) is 0. The summed E-state index contributed by atoms with van der Waals surface area (Å²) in [6, 6.07) is 4.70. The van der Waals surface area contributed by atoms with E-state index in [4.69, 9.17) is 4.74 Å². The minimum absolute atomic E-state index is 0.00340. The Hall–Kier alpha value is -2.97. The third-order valence-electron chi connectivity index (χ3n) is 3.76. The summed E-state index contributed by atoms with van der Waals surface area (Å²) in [5.41, 5.74) is -3.28. The lowest BCUT2D eigenvalue weighted by atomic mass is 9.88. The maximum Gasteiger partial charge on any atom is 0.416 e. The number of Topliss-reactive ketones (excluding diaryl/α,β-unsaturated/α-hetero) is 1. The van der Waals surface area contributed by atoms with Gasteiger partial charge in [-0.05, 0) is 37.3 Å². The van der Waals surface area contributed by atoms with Crippen molar-refractivity contribution in [1.29, 1.82) is 0 Å². The maximum atomic E-state index is 12.8. The lowest BCUT2D eigenvalue weighted by Crippen LogP contribution is -2.32. The summed E-state index contributed by atoms with van der Waals surface area (Å²) in [6.07, 6.45) is -4.54. The Balaban J connectivity index is 2.68. The average molecular weight is 396 g/mol. The van der Waals surface area contributed by atoms with E-state index in [-0.39, 0.29) is 18.0 Å². The molecule has 9 heteroatoms. The summed E-state index contributed by atoms with van der Waals surface area (Å²) in [6.45, 7) is 6.45. The van der Waals surface area contributed by atoms with Crippen molar-refractivity contribution < 1.29 is 27.5 Å². The molecule has 6 nitrogen and oxygen atoms in total. The van der Waals surface area contributed by atoms with Gasteiger partial charge in [-0.25, -0.2) is 4.79 Å². The Labute approximate surface area is 158 Å². The van der Waals surface area contributed by atoms with Crippen molar-refractivity contribution >= 4 is 11.8 Å². The second-order valence-corrected chi connectivity index (χ2v) is 7.00. The van der Waals surface area contributed by atoms with Gasteiger partial charge < -0.3 is 4.74 Å². The van der Waals surface area contributed by atoms with E-state index in [1.54, 1.807) is 27.7 Å². The molecule has 1 aromatic carbocycles. The van der Waals surface area contributed by atoms with E-state index in [9.17, 15) is 27.6 Å². The smallest absolute Gasteiger partial charge is 0.416 e. The van der Waals surface area contributed by atoms with Crippen molar-refractivity contribution in [2.75, 3.05) is 6.61 Å². The van der Waals surface area contributed by atoms with E-state index >= 15 is 0 Å². The van der Waals surface area contributed by atoms with Crippen LogP contribution in [0.15, 0.2) is 35.1 Å². The fourth-order valence-electron chi connectivity index (χ4n) is 2.31. The number of carbonyl (C=O) groups is 2. The number of benzene rings is 1. The van der Waals surface area contributed by atoms with E-state index in [0.717, 1.165) is 35.0 Å². The molecule has 0 aliphatic carbocycles. The number of ether oxygens (including phenoxy) is 1. The number of halogens is 3. The van der Waals surface area contributed by atoms with Crippen LogP contribution in [0.2, 0.25) is 0 Å². The monoisotopic (exact) mass is 396 g/mol. The van der Waals surface area contributed by atoms with Crippen molar-refractivity contribution in [2.45, 2.75) is 33.9 Å². The van der Waals surface area contributed by atoms with E-state index in [1.807, 2.05) is 0 Å². The quantitative estimate of drug-likeness (QED) is 0.582. The Morgan fingerprint density at radius 2 is 1.68 bits per heavy atom. The number of esters is 1. The first-order chi connectivity index (χ1) is 12.9. The van der Waals surface area contributed by atoms with Crippen LogP contribution >= 0.6 is 0 Å². The fraction of sp³-hybridized carbons (Fsp3) is 0.368. The minimum Gasteiger partial charge on any atom is -0.462 e. The number of carbonyl (C=O) groups excluding carboxylic acids is 2. The first-order valence-electron chi connectivity index (χ1n) is 8.40. The van der Waals surface area contributed by atoms with Gasteiger partial charge in [-0.2, -0.15) is 23.0 Å². The van der Waals surface area contributed by atoms with Crippen molar-refractivity contribution in [1.82, 2.24) is 9.78 Å². The van der Waals surface area contributed by atoms with Crippen LogP contribution in [0.4, 0.5) is 13.2 Å². The second-order valence-electron chi connectivity index (χ2n) is 7.00. The van der Waals surface area contributed by atoms with Crippen LogP contribution < -0.4 is 5.56 Å². The van der Waals surface area contributed by atoms with Gasteiger partial charge in [0.15, 0.2) is 5.78 Å². The highest BCUT2D eigenvalue weighted by Gasteiger charge is 2.31. The summed E-state index contributed by atoms with van der Waals surface area (Å²) < 4.78 is 43.9. The van der Waals surface area contributed by atoms with E-state index in [2.05, 4.69) is 5.10 Å². The molecule has 0 aliphatic rings. The van der Waals surface area contributed by atoms with Gasteiger partial charge in [-0.15, -0.1) is 0 Å². The normalized spacial score (nSPS) is 12.0. The van der Waals surface area contributed by atoms with Crippen LogP contribution in [0.5, 0.6) is 0 Å². The van der Waals surface area contributed by atoms with Crippen LogP contribution in [-0.4, -0.2) is 28.1 Å². The molecule has 1 aromatic heterocycles. The number of ketones is 1. The van der Waals surface area contributed by atoms with Gasteiger partial charge >= 0.3 is 12.1 Å². The number of alkyl halides is 3. The lowest BCUT2D eigenvalue weighted by molar-refractivity contribution is -0.137. The summed E-state index contributed by atoms with van der Waals surface area (Å²) in [5, 5.41) is 3.97. The zero-order valence-electron chi connectivity index (χ0n) is 15.8. The Morgan fingerprint density at radius 3 is 2.14 bits per heavy atom. The number of hydrogen-bond donors (Lipinski definition) is 0. The molecule has 28 heavy (non-hydrogen) atoms. The molecule has 0 saturated heterocycles. The zero-order chi connectivity index (χ0) is 21.3. The molecular formula is C19H19F3N2O4. The highest BCUT2D eigenvalue weighted by Crippen LogP contribution is 2.29. The van der Waals surface area contributed by atoms with Crippen LogP contribution in [0.3, 0.4) is 0 Å². The van der Waals surface area contributed by atoms with Gasteiger partial charge in [0.1, 0.15) is 11.3 Å². The molecule has 2 rings (SSSR count). The Morgan fingerprint density at radius 1 is 1.11 bits per heavy atom. The topological polar surface area (TPSA) is 78.3 Å². The van der Waals surface area contributed by atoms with Gasteiger partial charge in [0.05, 0.1) is 17.9 Å². The third kappa shape index (κ3) is 4.47. The molecule has 0 bridgehead atoms. The van der Waals surface area contributed by atoms with Gasteiger partial charge in [-0.3, -0.25) is 9.59 Å².